The minimum Gasteiger partial charge on any atom is -0.481 e. The van der Waals surface area contributed by atoms with Gasteiger partial charge in [0.15, 0.2) is 0 Å². The number of carbonyl (C=O) groups is 2. The Morgan fingerprint density at radius 3 is 2.56 bits per heavy atom. The molecule has 0 aromatic heterocycles. The number of halogens is 2. The highest BCUT2D eigenvalue weighted by Crippen LogP contribution is 2.28. The number of aldehydes is 1. The molecule has 0 amide bonds. The summed E-state index contributed by atoms with van der Waals surface area (Å²) in [6.45, 7) is 0. The quantitative estimate of drug-likeness (QED) is 0.828. The van der Waals surface area contributed by atoms with E-state index in [-0.39, 0.29) is 12.8 Å². The molecule has 0 aliphatic heterocycles. The van der Waals surface area contributed by atoms with Gasteiger partial charge in [-0.3, -0.25) is 4.79 Å². The predicted molar refractivity (Wildman–Crippen MR) is 62.1 cm³/mol. The van der Waals surface area contributed by atoms with Crippen molar-refractivity contribution in [1.29, 1.82) is 0 Å². The largest absolute Gasteiger partial charge is 0.481 e. The van der Waals surface area contributed by atoms with Crippen molar-refractivity contribution in [3.8, 4) is 0 Å². The van der Waals surface area contributed by atoms with Gasteiger partial charge in [0.2, 0.25) is 0 Å². The Morgan fingerprint density at radius 2 is 2.06 bits per heavy atom. The van der Waals surface area contributed by atoms with E-state index in [4.69, 9.17) is 28.3 Å². The van der Waals surface area contributed by atoms with E-state index in [0.717, 1.165) is 0 Å². The van der Waals surface area contributed by atoms with Gasteiger partial charge in [0.1, 0.15) is 6.29 Å². The molecule has 1 unspecified atom stereocenters. The van der Waals surface area contributed by atoms with Gasteiger partial charge in [-0.05, 0) is 24.1 Å². The number of benzene rings is 1. The first-order valence-corrected chi connectivity index (χ1v) is 5.43. The molecule has 0 saturated carbocycles. The third-order valence-corrected chi connectivity index (χ3v) is 2.96. The number of rotatable bonds is 5. The zero-order valence-corrected chi connectivity index (χ0v) is 9.83. The maximum absolute atomic E-state index is 11.0. The van der Waals surface area contributed by atoms with E-state index >= 15 is 0 Å². The van der Waals surface area contributed by atoms with Crippen LogP contribution in [-0.2, 0) is 9.59 Å². The van der Waals surface area contributed by atoms with E-state index in [9.17, 15) is 9.59 Å². The van der Waals surface area contributed by atoms with Crippen molar-refractivity contribution in [2.45, 2.75) is 18.8 Å². The fourth-order valence-electron chi connectivity index (χ4n) is 1.40. The van der Waals surface area contributed by atoms with Crippen LogP contribution in [0.5, 0.6) is 0 Å². The van der Waals surface area contributed by atoms with E-state index in [0.29, 0.717) is 21.9 Å². The highest BCUT2D eigenvalue weighted by atomic mass is 35.5. The second kappa shape index (κ2) is 5.87. The van der Waals surface area contributed by atoms with Crippen LogP contribution in [0.4, 0.5) is 0 Å². The van der Waals surface area contributed by atoms with Crippen LogP contribution in [0.2, 0.25) is 10.0 Å². The zero-order valence-electron chi connectivity index (χ0n) is 8.32. The smallest absolute Gasteiger partial charge is 0.310 e. The lowest BCUT2D eigenvalue weighted by Crippen LogP contribution is -2.11. The molecular formula is C11H10Cl2O3. The number of carbonyl (C=O) groups excluding carboxylic acids is 1. The van der Waals surface area contributed by atoms with Crippen molar-refractivity contribution in [3.63, 3.8) is 0 Å². The summed E-state index contributed by atoms with van der Waals surface area (Å²) in [6, 6.07) is 4.68. The molecule has 3 nitrogen and oxygen atoms in total. The lowest BCUT2D eigenvalue weighted by Gasteiger charge is -2.11. The normalized spacial score (nSPS) is 12.1. The zero-order chi connectivity index (χ0) is 12.1. The molecule has 1 aromatic rings. The van der Waals surface area contributed by atoms with Gasteiger partial charge in [0, 0.05) is 6.42 Å². The highest BCUT2D eigenvalue weighted by Gasteiger charge is 2.19. The van der Waals surface area contributed by atoms with Gasteiger partial charge in [0.25, 0.3) is 0 Å². The minimum absolute atomic E-state index is 0.206. The Kier molecular flexibility index (Phi) is 4.77. The lowest BCUT2D eigenvalue weighted by atomic mass is 9.95. The summed E-state index contributed by atoms with van der Waals surface area (Å²) >= 11 is 11.5. The molecule has 86 valence electrons. The van der Waals surface area contributed by atoms with Crippen LogP contribution < -0.4 is 0 Å². The van der Waals surface area contributed by atoms with Crippen LogP contribution in [0.3, 0.4) is 0 Å². The predicted octanol–water partition coefficient (Wildman–Crippen LogP) is 3.14. The van der Waals surface area contributed by atoms with Crippen molar-refractivity contribution in [2.75, 3.05) is 0 Å². The number of carboxylic acid groups (broad SMARTS) is 1. The average molecular weight is 261 g/mol. The maximum atomic E-state index is 11.0. The van der Waals surface area contributed by atoms with Crippen molar-refractivity contribution in [1.82, 2.24) is 0 Å². The third kappa shape index (κ3) is 3.22. The first-order chi connectivity index (χ1) is 7.56. The first-order valence-electron chi connectivity index (χ1n) is 4.67. The molecule has 1 atom stereocenters. The van der Waals surface area contributed by atoms with Gasteiger partial charge >= 0.3 is 5.97 Å². The number of carboxylic acids is 1. The van der Waals surface area contributed by atoms with Crippen molar-refractivity contribution in [3.05, 3.63) is 33.8 Å². The van der Waals surface area contributed by atoms with Crippen LogP contribution in [0.1, 0.15) is 24.3 Å². The molecule has 16 heavy (non-hydrogen) atoms. The molecule has 5 heteroatoms. The fraction of sp³-hybridized carbons (Fsp3) is 0.273. The van der Waals surface area contributed by atoms with Crippen LogP contribution in [-0.4, -0.2) is 17.4 Å². The third-order valence-electron chi connectivity index (χ3n) is 2.22. The molecule has 1 N–H and O–H groups in total. The maximum Gasteiger partial charge on any atom is 0.310 e. The molecule has 1 aromatic carbocycles. The lowest BCUT2D eigenvalue weighted by molar-refractivity contribution is -0.139. The van der Waals surface area contributed by atoms with E-state index in [1.165, 1.54) is 6.07 Å². The summed E-state index contributed by atoms with van der Waals surface area (Å²) in [6.07, 6.45) is 1.17. The standard InChI is InChI=1S/C11H10Cl2O3/c12-9-4-3-7(6-10(9)13)8(11(15)16)2-1-5-14/h3-6,8H,1-2H2,(H,15,16). The minimum atomic E-state index is -0.972. The molecule has 0 radical (unpaired) electrons. The second-order valence-electron chi connectivity index (χ2n) is 3.31. The van der Waals surface area contributed by atoms with E-state index in [1.807, 2.05) is 0 Å². The van der Waals surface area contributed by atoms with E-state index in [1.54, 1.807) is 12.1 Å². The van der Waals surface area contributed by atoms with Crippen molar-refractivity contribution >= 4 is 35.5 Å². The van der Waals surface area contributed by atoms with Gasteiger partial charge in [-0.2, -0.15) is 0 Å². The number of aliphatic carboxylic acids is 1. The van der Waals surface area contributed by atoms with Crippen molar-refractivity contribution < 1.29 is 14.7 Å². The summed E-state index contributed by atoms with van der Waals surface area (Å²) in [7, 11) is 0. The first kappa shape index (κ1) is 13.0. The van der Waals surface area contributed by atoms with Crippen LogP contribution >= 0.6 is 23.2 Å². The highest BCUT2D eigenvalue weighted by molar-refractivity contribution is 6.42. The topological polar surface area (TPSA) is 54.4 Å². The Labute approximate surface area is 103 Å². The molecule has 0 spiro atoms. The summed E-state index contributed by atoms with van der Waals surface area (Å²) in [5.41, 5.74) is 0.559. The molecular weight excluding hydrogens is 251 g/mol. The SMILES string of the molecule is O=CCCC(C(=O)O)c1ccc(Cl)c(Cl)c1. The molecule has 0 bridgehead atoms. The monoisotopic (exact) mass is 260 g/mol. The van der Waals surface area contributed by atoms with Crippen LogP contribution in [0, 0.1) is 0 Å². The summed E-state index contributed by atoms with van der Waals surface area (Å²) in [4.78, 5) is 21.3. The fourth-order valence-corrected chi connectivity index (χ4v) is 1.70. The molecule has 0 aliphatic carbocycles. The summed E-state index contributed by atoms with van der Waals surface area (Å²) in [5, 5.41) is 9.72. The van der Waals surface area contributed by atoms with Gasteiger partial charge in [0.05, 0.1) is 16.0 Å². The Balaban J connectivity index is 2.96. The van der Waals surface area contributed by atoms with Crippen molar-refractivity contribution in [2.24, 2.45) is 0 Å². The Bertz CT molecular complexity index is 404. The van der Waals surface area contributed by atoms with Gasteiger partial charge in [-0.15, -0.1) is 0 Å². The molecule has 0 fully saturated rings. The van der Waals surface area contributed by atoms with Crippen LogP contribution in [0.25, 0.3) is 0 Å². The average Bonchev–Trinajstić information content (AvgIpc) is 2.23. The Hall–Kier alpha value is -1.06. The molecule has 0 aliphatic rings. The number of hydrogen-bond donors (Lipinski definition) is 1. The Morgan fingerprint density at radius 1 is 1.38 bits per heavy atom. The van der Waals surface area contributed by atoms with Gasteiger partial charge < -0.3 is 9.90 Å². The van der Waals surface area contributed by atoms with Gasteiger partial charge in [-0.1, -0.05) is 29.3 Å². The second-order valence-corrected chi connectivity index (χ2v) is 4.12. The van der Waals surface area contributed by atoms with Gasteiger partial charge in [-0.25, -0.2) is 0 Å². The molecule has 0 heterocycles. The van der Waals surface area contributed by atoms with E-state index in [2.05, 4.69) is 0 Å². The van der Waals surface area contributed by atoms with E-state index < -0.39 is 11.9 Å². The van der Waals surface area contributed by atoms with Crippen LogP contribution in [0.15, 0.2) is 18.2 Å². The number of hydrogen-bond acceptors (Lipinski definition) is 2. The molecule has 0 saturated heterocycles. The molecule has 1 rings (SSSR count). The summed E-state index contributed by atoms with van der Waals surface area (Å²) in [5.74, 6) is -1.69. The summed E-state index contributed by atoms with van der Waals surface area (Å²) < 4.78 is 0.